The summed E-state index contributed by atoms with van der Waals surface area (Å²) in [5.74, 6) is -0.459. The van der Waals surface area contributed by atoms with Crippen LogP contribution in [-0.2, 0) is 11.2 Å². The van der Waals surface area contributed by atoms with E-state index in [1.807, 2.05) is 24.3 Å². The number of para-hydroxylation sites is 1. The highest BCUT2D eigenvalue weighted by atomic mass is 127. The number of halogens is 2. The van der Waals surface area contributed by atoms with Crippen LogP contribution in [-0.4, -0.2) is 24.9 Å². The van der Waals surface area contributed by atoms with Gasteiger partial charge in [-0.25, -0.2) is 0 Å². The molecule has 1 unspecified atom stereocenters. The second-order valence-corrected chi connectivity index (χ2v) is 7.04. The van der Waals surface area contributed by atoms with E-state index in [1.165, 1.54) is 4.90 Å². The van der Waals surface area contributed by atoms with Gasteiger partial charge in [0.25, 0.3) is 5.91 Å². The van der Waals surface area contributed by atoms with Gasteiger partial charge < -0.3 is 10.2 Å². The first kappa shape index (κ1) is 16.3. The van der Waals surface area contributed by atoms with Crippen LogP contribution in [0.3, 0.4) is 0 Å². The highest BCUT2D eigenvalue weighted by Crippen LogP contribution is 2.31. The molecule has 1 aliphatic heterocycles. The molecule has 0 saturated heterocycles. The SMILES string of the molecule is CN1C(=O)C(Cc2ccc(I)cc2)NC(=O)c2cccc(Cl)c21. The average molecular weight is 441 g/mol. The molecule has 1 heterocycles. The van der Waals surface area contributed by atoms with Gasteiger partial charge in [-0.3, -0.25) is 9.59 Å². The Morgan fingerprint density at radius 2 is 1.87 bits per heavy atom. The third-order valence-corrected chi connectivity index (χ3v) is 4.88. The molecule has 2 aromatic rings. The quantitative estimate of drug-likeness (QED) is 0.729. The Morgan fingerprint density at radius 1 is 1.17 bits per heavy atom. The zero-order valence-corrected chi connectivity index (χ0v) is 15.3. The first-order chi connectivity index (χ1) is 11.0. The van der Waals surface area contributed by atoms with Crippen molar-refractivity contribution >= 4 is 51.7 Å². The maximum absolute atomic E-state index is 12.7. The minimum absolute atomic E-state index is 0.177. The van der Waals surface area contributed by atoms with Crippen LogP contribution in [0.1, 0.15) is 15.9 Å². The minimum Gasteiger partial charge on any atom is -0.340 e. The topological polar surface area (TPSA) is 49.4 Å². The van der Waals surface area contributed by atoms with Crippen molar-refractivity contribution < 1.29 is 9.59 Å². The summed E-state index contributed by atoms with van der Waals surface area (Å²) in [5, 5.41) is 3.21. The zero-order valence-electron chi connectivity index (χ0n) is 12.3. The predicted molar refractivity (Wildman–Crippen MR) is 99.0 cm³/mol. The predicted octanol–water partition coefficient (Wildman–Crippen LogP) is 3.26. The number of fused-ring (bicyclic) bond motifs is 1. The van der Waals surface area contributed by atoms with Crippen molar-refractivity contribution in [1.29, 1.82) is 0 Å². The van der Waals surface area contributed by atoms with Crippen LogP contribution in [0.5, 0.6) is 0 Å². The molecule has 1 N–H and O–H groups in total. The monoisotopic (exact) mass is 440 g/mol. The van der Waals surface area contributed by atoms with Gasteiger partial charge >= 0.3 is 0 Å². The van der Waals surface area contributed by atoms with E-state index >= 15 is 0 Å². The second-order valence-electron chi connectivity index (χ2n) is 5.39. The van der Waals surface area contributed by atoms with Crippen molar-refractivity contribution in [3.05, 3.63) is 62.2 Å². The number of hydrogen-bond donors (Lipinski definition) is 1. The van der Waals surface area contributed by atoms with Crippen LogP contribution in [0.25, 0.3) is 0 Å². The zero-order chi connectivity index (χ0) is 16.6. The molecule has 0 spiro atoms. The number of benzene rings is 2. The molecule has 2 amide bonds. The van der Waals surface area contributed by atoms with E-state index in [-0.39, 0.29) is 11.8 Å². The lowest BCUT2D eigenvalue weighted by Gasteiger charge is -2.21. The lowest BCUT2D eigenvalue weighted by atomic mass is 10.1. The molecular formula is C17H14ClIN2O2. The lowest BCUT2D eigenvalue weighted by molar-refractivity contribution is -0.120. The number of rotatable bonds is 2. The smallest absolute Gasteiger partial charge is 0.254 e. The Hall–Kier alpha value is -1.60. The van der Waals surface area contributed by atoms with Gasteiger partial charge in [-0.05, 0) is 52.4 Å². The Bertz CT molecular complexity index is 777. The van der Waals surface area contributed by atoms with Gasteiger partial charge in [0.1, 0.15) is 6.04 Å². The number of anilines is 1. The van der Waals surface area contributed by atoms with Crippen LogP contribution >= 0.6 is 34.2 Å². The standard InChI is InChI=1S/C17H14ClIN2O2/c1-21-15-12(3-2-4-13(15)18)16(22)20-14(17(21)23)9-10-5-7-11(19)8-6-10/h2-8,14H,9H2,1H3,(H,20,22). The molecule has 1 atom stereocenters. The largest absolute Gasteiger partial charge is 0.340 e. The molecule has 4 nitrogen and oxygen atoms in total. The maximum atomic E-state index is 12.7. The Balaban J connectivity index is 1.94. The Kier molecular flexibility index (Phi) is 4.59. The first-order valence-corrected chi connectivity index (χ1v) is 8.54. The van der Waals surface area contributed by atoms with Crippen LogP contribution in [0.2, 0.25) is 5.02 Å². The molecule has 0 bridgehead atoms. The summed E-state index contributed by atoms with van der Waals surface area (Å²) < 4.78 is 1.12. The molecule has 0 saturated carbocycles. The molecule has 23 heavy (non-hydrogen) atoms. The van der Waals surface area contributed by atoms with Crippen molar-refractivity contribution in [3.8, 4) is 0 Å². The average Bonchev–Trinajstić information content (AvgIpc) is 2.62. The third kappa shape index (κ3) is 3.21. The van der Waals surface area contributed by atoms with Crippen molar-refractivity contribution in [2.24, 2.45) is 0 Å². The van der Waals surface area contributed by atoms with E-state index in [2.05, 4.69) is 27.9 Å². The van der Waals surface area contributed by atoms with Gasteiger partial charge in [0.2, 0.25) is 5.91 Å². The summed E-state index contributed by atoms with van der Waals surface area (Å²) >= 11 is 8.42. The Morgan fingerprint density at radius 3 is 2.57 bits per heavy atom. The molecule has 1 aliphatic rings. The first-order valence-electron chi connectivity index (χ1n) is 7.09. The normalized spacial score (nSPS) is 17.5. The van der Waals surface area contributed by atoms with Crippen molar-refractivity contribution in [1.82, 2.24) is 5.32 Å². The van der Waals surface area contributed by atoms with Crippen LogP contribution in [0.4, 0.5) is 5.69 Å². The number of nitrogens with one attached hydrogen (secondary N) is 1. The molecule has 0 radical (unpaired) electrons. The molecule has 2 aromatic carbocycles. The van der Waals surface area contributed by atoms with Crippen molar-refractivity contribution in [2.75, 3.05) is 11.9 Å². The summed E-state index contributed by atoms with van der Waals surface area (Å²) in [6.45, 7) is 0. The van der Waals surface area contributed by atoms with Crippen LogP contribution in [0.15, 0.2) is 42.5 Å². The third-order valence-electron chi connectivity index (χ3n) is 3.85. The van der Waals surface area contributed by atoms with Gasteiger partial charge in [0.15, 0.2) is 0 Å². The number of likely N-dealkylation sites (N-methyl/N-ethyl adjacent to an activating group) is 1. The highest BCUT2D eigenvalue weighted by Gasteiger charge is 2.33. The van der Waals surface area contributed by atoms with E-state index < -0.39 is 6.04 Å². The molecule has 3 rings (SSSR count). The molecule has 6 heteroatoms. The van der Waals surface area contributed by atoms with Crippen LogP contribution in [0, 0.1) is 3.57 Å². The van der Waals surface area contributed by atoms with E-state index in [0.717, 1.165) is 9.13 Å². The fourth-order valence-corrected chi connectivity index (χ4v) is 3.34. The molecule has 0 aliphatic carbocycles. The summed E-state index contributed by atoms with van der Waals surface area (Å²) in [7, 11) is 1.65. The van der Waals surface area contributed by atoms with E-state index in [1.54, 1.807) is 25.2 Å². The van der Waals surface area contributed by atoms with Gasteiger partial charge in [0.05, 0.1) is 16.3 Å². The van der Waals surface area contributed by atoms with E-state index in [9.17, 15) is 9.59 Å². The number of carbonyl (C=O) groups excluding carboxylic acids is 2. The molecule has 118 valence electrons. The summed E-state index contributed by atoms with van der Waals surface area (Å²) in [6, 6.07) is 12.3. The fourth-order valence-electron chi connectivity index (χ4n) is 2.68. The lowest BCUT2D eigenvalue weighted by Crippen LogP contribution is -2.45. The number of hydrogen-bond acceptors (Lipinski definition) is 2. The molecule has 0 fully saturated rings. The maximum Gasteiger partial charge on any atom is 0.254 e. The Labute approximate surface area is 153 Å². The number of amides is 2. The summed E-state index contributed by atoms with van der Waals surface area (Å²) in [4.78, 5) is 26.6. The highest BCUT2D eigenvalue weighted by molar-refractivity contribution is 14.1. The van der Waals surface area contributed by atoms with Crippen molar-refractivity contribution in [2.45, 2.75) is 12.5 Å². The molecule has 0 aromatic heterocycles. The van der Waals surface area contributed by atoms with Gasteiger partial charge in [-0.15, -0.1) is 0 Å². The number of nitrogens with zero attached hydrogens (tertiary/aromatic N) is 1. The van der Waals surface area contributed by atoms with Crippen LogP contribution < -0.4 is 10.2 Å². The molecular weight excluding hydrogens is 427 g/mol. The second kappa shape index (κ2) is 6.49. The number of carbonyl (C=O) groups is 2. The summed E-state index contributed by atoms with van der Waals surface area (Å²) in [5.41, 5.74) is 1.87. The minimum atomic E-state index is -0.615. The van der Waals surface area contributed by atoms with Gasteiger partial charge in [0, 0.05) is 17.0 Å². The van der Waals surface area contributed by atoms with E-state index in [4.69, 9.17) is 11.6 Å². The summed E-state index contributed by atoms with van der Waals surface area (Å²) in [6.07, 6.45) is 0.442. The van der Waals surface area contributed by atoms with Crippen molar-refractivity contribution in [3.63, 3.8) is 0 Å². The van der Waals surface area contributed by atoms with Gasteiger partial charge in [-0.2, -0.15) is 0 Å². The van der Waals surface area contributed by atoms with E-state index in [0.29, 0.717) is 22.7 Å². The van der Waals surface area contributed by atoms with Gasteiger partial charge in [-0.1, -0.05) is 29.8 Å². The fraction of sp³-hybridized carbons (Fsp3) is 0.176.